The molecule has 8 heteroatoms. The molecule has 0 amide bonds. The van der Waals surface area contributed by atoms with Crippen LogP contribution in [0.5, 0.6) is 0 Å². The van der Waals surface area contributed by atoms with E-state index >= 15 is 0 Å². The van der Waals surface area contributed by atoms with Crippen molar-refractivity contribution in [2.24, 2.45) is 22.7 Å². The fourth-order valence-corrected chi connectivity index (χ4v) is 4.84. The van der Waals surface area contributed by atoms with Gasteiger partial charge in [-0.3, -0.25) is 4.99 Å². The lowest BCUT2D eigenvalue weighted by molar-refractivity contribution is 0.250. The summed E-state index contributed by atoms with van der Waals surface area (Å²) in [6.45, 7) is 8.28. The van der Waals surface area contributed by atoms with E-state index in [1.807, 2.05) is 0 Å². The molecule has 0 aromatic rings. The molecule has 1 aliphatic heterocycles. The van der Waals surface area contributed by atoms with Crippen LogP contribution >= 0.6 is 24.0 Å². The van der Waals surface area contributed by atoms with Crippen molar-refractivity contribution < 1.29 is 8.42 Å². The summed E-state index contributed by atoms with van der Waals surface area (Å²) in [5, 5.41) is 3.39. The number of halogens is 1. The van der Waals surface area contributed by atoms with Crippen LogP contribution in [0.15, 0.2) is 4.99 Å². The Morgan fingerprint density at radius 1 is 1.19 bits per heavy atom. The highest BCUT2D eigenvalue weighted by Gasteiger charge is 2.28. The first-order valence-corrected chi connectivity index (χ1v) is 11.6. The summed E-state index contributed by atoms with van der Waals surface area (Å²) in [5.74, 6) is 2.92. The average Bonchev–Trinajstić information content (AvgIpc) is 3.02. The van der Waals surface area contributed by atoms with Gasteiger partial charge in [0.1, 0.15) is 0 Å². The SMILES string of the molecule is CCNC(=NCC1CCN(S(C)(=O)=O)C1)N(C)CC1CCC(C)CC1.I. The first kappa shape index (κ1) is 23.9. The van der Waals surface area contributed by atoms with Crippen molar-refractivity contribution in [1.82, 2.24) is 14.5 Å². The third-order valence-corrected chi connectivity index (χ3v) is 6.85. The van der Waals surface area contributed by atoms with Crippen LogP contribution in [0.1, 0.15) is 46.0 Å². The van der Waals surface area contributed by atoms with Gasteiger partial charge in [0.15, 0.2) is 5.96 Å². The van der Waals surface area contributed by atoms with E-state index < -0.39 is 10.0 Å². The smallest absolute Gasteiger partial charge is 0.211 e. The number of nitrogens with zero attached hydrogens (tertiary/aromatic N) is 3. The Bertz CT molecular complexity index is 547. The molecule has 6 nitrogen and oxygen atoms in total. The Hall–Kier alpha value is -0.0900. The molecule has 0 radical (unpaired) electrons. The summed E-state index contributed by atoms with van der Waals surface area (Å²) in [6.07, 6.45) is 7.51. The molecule has 0 aromatic carbocycles. The molecule has 1 saturated heterocycles. The highest BCUT2D eigenvalue weighted by molar-refractivity contribution is 14.0. The van der Waals surface area contributed by atoms with E-state index in [4.69, 9.17) is 4.99 Å². The van der Waals surface area contributed by atoms with Gasteiger partial charge < -0.3 is 10.2 Å². The van der Waals surface area contributed by atoms with E-state index in [-0.39, 0.29) is 24.0 Å². The largest absolute Gasteiger partial charge is 0.357 e. The Morgan fingerprint density at radius 3 is 2.38 bits per heavy atom. The molecule has 0 aromatic heterocycles. The van der Waals surface area contributed by atoms with Gasteiger partial charge in [-0.15, -0.1) is 24.0 Å². The Kier molecular flexibility index (Phi) is 10.2. The van der Waals surface area contributed by atoms with Gasteiger partial charge in [0, 0.05) is 39.8 Å². The zero-order valence-electron chi connectivity index (χ0n) is 16.8. The summed E-state index contributed by atoms with van der Waals surface area (Å²) in [4.78, 5) is 7.06. The fraction of sp³-hybridized carbons (Fsp3) is 0.944. The van der Waals surface area contributed by atoms with Crippen LogP contribution in [0.3, 0.4) is 0 Å². The van der Waals surface area contributed by atoms with Crippen LogP contribution in [0.25, 0.3) is 0 Å². The van der Waals surface area contributed by atoms with Crippen molar-refractivity contribution in [1.29, 1.82) is 0 Å². The molecule has 0 spiro atoms. The van der Waals surface area contributed by atoms with Gasteiger partial charge in [-0.25, -0.2) is 12.7 Å². The maximum atomic E-state index is 11.6. The zero-order valence-corrected chi connectivity index (χ0v) is 19.9. The van der Waals surface area contributed by atoms with Gasteiger partial charge in [0.05, 0.1) is 6.26 Å². The first-order valence-electron chi connectivity index (χ1n) is 9.74. The number of sulfonamides is 1. The lowest BCUT2D eigenvalue weighted by Gasteiger charge is -2.31. The molecule has 154 valence electrons. The summed E-state index contributed by atoms with van der Waals surface area (Å²) in [6, 6.07) is 0. The third kappa shape index (κ3) is 7.50. The molecular formula is C18H37IN4O2S. The highest BCUT2D eigenvalue weighted by Crippen LogP contribution is 2.28. The van der Waals surface area contributed by atoms with Crippen LogP contribution in [-0.4, -0.2) is 69.6 Å². The number of hydrogen-bond acceptors (Lipinski definition) is 3. The predicted molar refractivity (Wildman–Crippen MR) is 120 cm³/mol. The third-order valence-electron chi connectivity index (χ3n) is 5.58. The van der Waals surface area contributed by atoms with Crippen molar-refractivity contribution in [3.63, 3.8) is 0 Å². The van der Waals surface area contributed by atoms with Crippen molar-refractivity contribution in [3.05, 3.63) is 0 Å². The van der Waals surface area contributed by atoms with Crippen molar-refractivity contribution in [2.75, 3.05) is 46.0 Å². The quantitative estimate of drug-likeness (QED) is 0.346. The first-order chi connectivity index (χ1) is 11.8. The number of rotatable bonds is 6. The van der Waals surface area contributed by atoms with E-state index in [9.17, 15) is 8.42 Å². The monoisotopic (exact) mass is 500 g/mol. The summed E-state index contributed by atoms with van der Waals surface area (Å²) < 4.78 is 24.9. The molecule has 1 atom stereocenters. The molecule has 1 N–H and O–H groups in total. The topological polar surface area (TPSA) is 65.0 Å². The van der Waals surface area contributed by atoms with Gasteiger partial charge in [-0.1, -0.05) is 19.8 Å². The Balaban J connectivity index is 0.00000338. The zero-order chi connectivity index (χ0) is 18.4. The van der Waals surface area contributed by atoms with Crippen LogP contribution < -0.4 is 5.32 Å². The normalized spacial score (nSPS) is 27.8. The van der Waals surface area contributed by atoms with Crippen molar-refractivity contribution in [2.45, 2.75) is 46.0 Å². The van der Waals surface area contributed by atoms with Crippen LogP contribution in [0.4, 0.5) is 0 Å². The molecule has 1 saturated carbocycles. The average molecular weight is 500 g/mol. The van der Waals surface area contributed by atoms with Gasteiger partial charge in [0.25, 0.3) is 0 Å². The number of guanidine groups is 1. The molecule has 26 heavy (non-hydrogen) atoms. The number of hydrogen-bond donors (Lipinski definition) is 1. The standard InChI is InChI=1S/C18H36N4O2S.HI/c1-5-19-18(21(3)13-16-8-6-15(2)7-9-16)20-12-17-10-11-22(14-17)25(4,23)24;/h15-17H,5-14H2,1-4H3,(H,19,20);1H. The van der Waals surface area contributed by atoms with Crippen molar-refractivity contribution >= 4 is 40.0 Å². The minimum absolute atomic E-state index is 0. The Morgan fingerprint density at radius 2 is 1.85 bits per heavy atom. The second-order valence-electron chi connectivity index (χ2n) is 7.98. The molecule has 0 bridgehead atoms. The lowest BCUT2D eigenvalue weighted by atomic mass is 9.83. The fourth-order valence-electron chi connectivity index (χ4n) is 3.92. The van der Waals surface area contributed by atoms with E-state index in [2.05, 4.69) is 31.1 Å². The van der Waals surface area contributed by atoms with Crippen molar-refractivity contribution in [3.8, 4) is 0 Å². The summed E-state index contributed by atoms with van der Waals surface area (Å²) >= 11 is 0. The van der Waals surface area contributed by atoms with Gasteiger partial charge in [0.2, 0.25) is 10.0 Å². The highest BCUT2D eigenvalue weighted by atomic mass is 127. The number of nitrogens with one attached hydrogen (secondary N) is 1. The molecular weight excluding hydrogens is 463 g/mol. The van der Waals surface area contributed by atoms with E-state index in [0.29, 0.717) is 25.6 Å². The van der Waals surface area contributed by atoms with Crippen LogP contribution in [0.2, 0.25) is 0 Å². The molecule has 2 rings (SSSR count). The predicted octanol–water partition coefficient (Wildman–Crippen LogP) is 2.61. The molecule has 1 aliphatic carbocycles. The van der Waals surface area contributed by atoms with Crippen LogP contribution in [-0.2, 0) is 10.0 Å². The lowest BCUT2D eigenvalue weighted by Crippen LogP contribution is -2.42. The van der Waals surface area contributed by atoms with E-state index in [1.54, 1.807) is 4.31 Å². The molecule has 2 aliphatic rings. The van der Waals surface area contributed by atoms with Gasteiger partial charge >= 0.3 is 0 Å². The molecule has 2 fully saturated rings. The van der Waals surface area contributed by atoms with Gasteiger partial charge in [-0.2, -0.15) is 0 Å². The van der Waals surface area contributed by atoms with E-state index in [0.717, 1.165) is 37.3 Å². The maximum absolute atomic E-state index is 11.6. The Labute approximate surface area is 177 Å². The second-order valence-corrected chi connectivity index (χ2v) is 9.96. The molecule has 1 unspecified atom stereocenters. The van der Waals surface area contributed by atoms with Crippen LogP contribution in [0, 0.1) is 17.8 Å². The summed E-state index contributed by atoms with van der Waals surface area (Å²) in [5.41, 5.74) is 0. The van der Waals surface area contributed by atoms with E-state index in [1.165, 1.54) is 31.9 Å². The minimum Gasteiger partial charge on any atom is -0.357 e. The van der Waals surface area contributed by atoms with Gasteiger partial charge in [-0.05, 0) is 43.9 Å². The number of aliphatic imine (C=N–C) groups is 1. The molecule has 1 heterocycles. The summed E-state index contributed by atoms with van der Waals surface area (Å²) in [7, 11) is -0.943. The second kappa shape index (κ2) is 11.0. The maximum Gasteiger partial charge on any atom is 0.211 e. The minimum atomic E-state index is -3.07.